The maximum absolute atomic E-state index is 14.0. The van der Waals surface area contributed by atoms with Crippen molar-refractivity contribution >= 4 is 51.3 Å². The second-order valence-electron chi connectivity index (χ2n) is 10.9. The molecule has 1 aliphatic heterocycles. The summed E-state index contributed by atoms with van der Waals surface area (Å²) in [4.78, 5) is 22.0. The zero-order valence-corrected chi connectivity index (χ0v) is 23.9. The van der Waals surface area contributed by atoms with Crippen molar-refractivity contribution in [2.45, 2.75) is 82.9 Å². The fourth-order valence-corrected chi connectivity index (χ4v) is 7.24. The molecular weight excluding hydrogens is 524 g/mol. The van der Waals surface area contributed by atoms with Gasteiger partial charge in [-0.25, -0.2) is 0 Å². The molecule has 3 aliphatic rings. The van der Waals surface area contributed by atoms with Crippen molar-refractivity contribution in [1.29, 1.82) is 0 Å². The number of hydrogen-bond acceptors (Lipinski definition) is 4. The van der Waals surface area contributed by atoms with Gasteiger partial charge in [-0.05, 0) is 78.1 Å². The molecule has 1 heterocycles. The van der Waals surface area contributed by atoms with E-state index in [4.69, 9.17) is 21.3 Å². The Kier molecular flexibility index (Phi) is 8.26. The molecule has 202 valence electrons. The summed E-state index contributed by atoms with van der Waals surface area (Å²) in [6, 6.07) is 20.7. The van der Waals surface area contributed by atoms with Crippen LogP contribution in [0, 0.1) is 0 Å². The van der Waals surface area contributed by atoms with Crippen molar-refractivity contribution in [3.8, 4) is 5.75 Å². The van der Waals surface area contributed by atoms with Crippen LogP contribution in [0.2, 0.25) is 5.02 Å². The van der Waals surface area contributed by atoms with E-state index in [9.17, 15) is 4.79 Å². The van der Waals surface area contributed by atoms with Crippen molar-refractivity contribution in [2.75, 3.05) is 0 Å². The highest BCUT2D eigenvalue weighted by Gasteiger charge is 2.39. The van der Waals surface area contributed by atoms with Gasteiger partial charge in [-0.15, -0.1) is 0 Å². The molecule has 2 saturated carbocycles. The normalized spacial score (nSPS) is 21.4. The van der Waals surface area contributed by atoms with Crippen LogP contribution >= 0.6 is 23.4 Å². The molecule has 39 heavy (non-hydrogen) atoms. The summed E-state index contributed by atoms with van der Waals surface area (Å²) in [6.07, 6.45) is 13.8. The molecule has 1 saturated heterocycles. The first kappa shape index (κ1) is 26.5. The van der Waals surface area contributed by atoms with E-state index in [1.165, 1.54) is 38.5 Å². The molecule has 2 aliphatic carbocycles. The van der Waals surface area contributed by atoms with E-state index in [2.05, 4.69) is 18.2 Å². The number of nitrogens with zero attached hydrogens (tertiary/aromatic N) is 2. The zero-order chi connectivity index (χ0) is 26.6. The molecule has 0 N–H and O–H groups in total. The molecule has 0 aromatic heterocycles. The number of carbonyl (C=O) groups excluding carboxylic acids is 1. The Balaban J connectivity index is 1.36. The fraction of sp³-hybridized carbons (Fsp3) is 0.394. The summed E-state index contributed by atoms with van der Waals surface area (Å²) >= 11 is 7.63. The van der Waals surface area contributed by atoms with Crippen molar-refractivity contribution in [3.63, 3.8) is 0 Å². The van der Waals surface area contributed by atoms with Gasteiger partial charge in [-0.3, -0.25) is 14.7 Å². The van der Waals surface area contributed by atoms with Gasteiger partial charge in [0.05, 0.1) is 10.9 Å². The maximum Gasteiger partial charge on any atom is 0.267 e. The van der Waals surface area contributed by atoms with E-state index in [-0.39, 0.29) is 11.9 Å². The number of ether oxygens (including phenoxy) is 1. The smallest absolute Gasteiger partial charge is 0.267 e. The van der Waals surface area contributed by atoms with E-state index in [1.807, 2.05) is 53.4 Å². The Hall–Kier alpha value is -2.76. The quantitative estimate of drug-likeness (QED) is 0.283. The van der Waals surface area contributed by atoms with Crippen LogP contribution in [0.1, 0.15) is 75.3 Å². The first-order valence-corrected chi connectivity index (χ1v) is 15.5. The lowest BCUT2D eigenvalue weighted by atomic mass is 9.94. The van der Waals surface area contributed by atoms with E-state index < -0.39 is 0 Å². The number of rotatable bonds is 6. The fourth-order valence-electron chi connectivity index (χ4n) is 6.03. The third kappa shape index (κ3) is 6.05. The highest BCUT2D eigenvalue weighted by atomic mass is 35.5. The molecule has 3 aromatic carbocycles. The number of halogens is 1. The Morgan fingerprint density at radius 1 is 0.897 bits per heavy atom. The van der Waals surface area contributed by atoms with E-state index in [1.54, 1.807) is 11.8 Å². The molecule has 6 heteroatoms. The van der Waals surface area contributed by atoms with Crippen LogP contribution in [0.5, 0.6) is 5.75 Å². The van der Waals surface area contributed by atoms with Crippen LogP contribution in [-0.2, 0) is 11.4 Å². The zero-order valence-electron chi connectivity index (χ0n) is 22.3. The number of aliphatic imine (C=N–C) groups is 1. The lowest BCUT2D eigenvalue weighted by Crippen LogP contribution is -2.41. The van der Waals surface area contributed by atoms with Gasteiger partial charge in [-0.1, -0.05) is 92.6 Å². The molecule has 4 nitrogen and oxygen atoms in total. The molecule has 0 radical (unpaired) electrons. The number of benzene rings is 3. The summed E-state index contributed by atoms with van der Waals surface area (Å²) in [5.74, 6) is 0.865. The monoisotopic (exact) mass is 558 g/mol. The van der Waals surface area contributed by atoms with Crippen LogP contribution in [0.4, 0.5) is 0 Å². The second-order valence-corrected chi connectivity index (χ2v) is 12.3. The lowest BCUT2D eigenvalue weighted by molar-refractivity contribution is -0.124. The summed E-state index contributed by atoms with van der Waals surface area (Å²) in [7, 11) is 0. The maximum atomic E-state index is 14.0. The van der Waals surface area contributed by atoms with Crippen molar-refractivity contribution in [1.82, 2.24) is 4.90 Å². The molecule has 6 rings (SSSR count). The Bertz CT molecular complexity index is 1390. The standard InChI is InChI=1S/C33H35ClN2O2S/c34-25-18-15-23(16-19-25)22-38-30-20-17-24-9-7-8-14-28(24)29(30)21-31-32(37)36(27-12-5-2-6-13-27)33(39-31)35-26-10-3-1-4-11-26/h7-9,14-21,26-27H,1-6,10-13,22H2. The van der Waals surface area contributed by atoms with Gasteiger partial charge in [0.1, 0.15) is 12.4 Å². The summed E-state index contributed by atoms with van der Waals surface area (Å²) in [5.41, 5.74) is 1.99. The van der Waals surface area contributed by atoms with Gasteiger partial charge in [0.25, 0.3) is 5.91 Å². The third-order valence-corrected chi connectivity index (χ3v) is 9.41. The molecule has 3 aromatic rings. The molecular formula is C33H35ClN2O2S. The van der Waals surface area contributed by atoms with Gasteiger partial charge < -0.3 is 4.74 Å². The van der Waals surface area contributed by atoms with Gasteiger partial charge in [0.15, 0.2) is 5.17 Å². The number of hydrogen-bond donors (Lipinski definition) is 0. The molecule has 3 fully saturated rings. The van der Waals surface area contributed by atoms with E-state index in [0.29, 0.717) is 17.7 Å². The van der Waals surface area contributed by atoms with Gasteiger partial charge in [0.2, 0.25) is 0 Å². The molecule has 0 bridgehead atoms. The first-order chi connectivity index (χ1) is 19.2. The summed E-state index contributed by atoms with van der Waals surface area (Å²) in [5, 5.41) is 3.82. The second kappa shape index (κ2) is 12.2. The minimum absolute atomic E-state index is 0.0954. The van der Waals surface area contributed by atoms with Crippen LogP contribution in [-0.4, -0.2) is 28.1 Å². The minimum Gasteiger partial charge on any atom is -0.488 e. The van der Waals surface area contributed by atoms with Crippen molar-refractivity contribution in [3.05, 3.63) is 81.7 Å². The minimum atomic E-state index is 0.0954. The van der Waals surface area contributed by atoms with E-state index >= 15 is 0 Å². The highest BCUT2D eigenvalue weighted by Crippen LogP contribution is 2.40. The largest absolute Gasteiger partial charge is 0.488 e. The predicted molar refractivity (Wildman–Crippen MR) is 163 cm³/mol. The van der Waals surface area contributed by atoms with Crippen LogP contribution in [0.25, 0.3) is 16.8 Å². The summed E-state index contributed by atoms with van der Waals surface area (Å²) in [6.45, 7) is 0.426. The number of carbonyl (C=O) groups is 1. The number of amidine groups is 1. The van der Waals surface area contributed by atoms with E-state index in [0.717, 1.165) is 63.4 Å². The number of thioether (sulfide) groups is 1. The molecule has 0 spiro atoms. The summed E-state index contributed by atoms with van der Waals surface area (Å²) < 4.78 is 6.36. The predicted octanol–water partition coefficient (Wildman–Crippen LogP) is 9.01. The molecule has 0 atom stereocenters. The van der Waals surface area contributed by atoms with Crippen molar-refractivity contribution < 1.29 is 9.53 Å². The Labute approximate surface area is 240 Å². The van der Waals surface area contributed by atoms with Gasteiger partial charge in [0, 0.05) is 16.6 Å². The lowest BCUT2D eigenvalue weighted by Gasteiger charge is -2.31. The van der Waals surface area contributed by atoms with Crippen LogP contribution in [0.3, 0.4) is 0 Å². The van der Waals surface area contributed by atoms with Crippen LogP contribution < -0.4 is 4.74 Å². The van der Waals surface area contributed by atoms with Crippen molar-refractivity contribution in [2.24, 2.45) is 4.99 Å². The first-order valence-electron chi connectivity index (χ1n) is 14.4. The SMILES string of the molecule is O=C1C(=Cc2c(OCc3ccc(Cl)cc3)ccc3ccccc23)SC(=NC2CCCCC2)N1C1CCCCC1. The Morgan fingerprint density at radius 3 is 2.38 bits per heavy atom. The molecule has 1 amide bonds. The average Bonchev–Trinajstić information content (AvgIpc) is 3.28. The number of amides is 1. The van der Waals surface area contributed by atoms with Gasteiger partial charge >= 0.3 is 0 Å². The Morgan fingerprint density at radius 2 is 1.62 bits per heavy atom. The third-order valence-electron chi connectivity index (χ3n) is 8.16. The van der Waals surface area contributed by atoms with Crippen LogP contribution in [0.15, 0.2) is 70.6 Å². The number of fused-ring (bicyclic) bond motifs is 1. The topological polar surface area (TPSA) is 41.9 Å². The average molecular weight is 559 g/mol. The molecule has 0 unspecified atom stereocenters. The highest BCUT2D eigenvalue weighted by molar-refractivity contribution is 8.18. The van der Waals surface area contributed by atoms with Gasteiger partial charge in [-0.2, -0.15) is 0 Å².